The molecule has 25 heavy (non-hydrogen) atoms. The number of halogens is 2. The van der Waals surface area contributed by atoms with E-state index in [1.165, 1.54) is 25.1 Å². The SMILES string of the molecule is CC(=O)Nc1ccc(F)c(NC(=O)c2cc(S(N)(=O)=O)ccc2Cl)c1. The fourth-order valence-corrected chi connectivity index (χ4v) is 2.69. The van der Waals surface area contributed by atoms with E-state index >= 15 is 0 Å². The van der Waals surface area contributed by atoms with Crippen molar-refractivity contribution in [1.29, 1.82) is 0 Å². The van der Waals surface area contributed by atoms with E-state index in [2.05, 4.69) is 10.6 Å². The van der Waals surface area contributed by atoms with Gasteiger partial charge in [-0.3, -0.25) is 9.59 Å². The number of hydrogen-bond acceptors (Lipinski definition) is 4. The molecule has 0 aromatic heterocycles. The molecular weight excluding hydrogens is 373 g/mol. The maximum atomic E-state index is 13.9. The van der Waals surface area contributed by atoms with Gasteiger partial charge in [0.1, 0.15) is 5.82 Å². The number of sulfonamides is 1. The predicted molar refractivity (Wildman–Crippen MR) is 91.5 cm³/mol. The van der Waals surface area contributed by atoms with Crippen molar-refractivity contribution in [2.75, 3.05) is 10.6 Å². The molecule has 0 aliphatic heterocycles. The number of nitrogens with one attached hydrogen (secondary N) is 2. The van der Waals surface area contributed by atoms with Crippen molar-refractivity contribution in [2.24, 2.45) is 5.14 Å². The van der Waals surface area contributed by atoms with Crippen LogP contribution in [-0.2, 0) is 14.8 Å². The Morgan fingerprint density at radius 3 is 2.40 bits per heavy atom. The van der Waals surface area contributed by atoms with E-state index in [0.29, 0.717) is 0 Å². The molecule has 0 radical (unpaired) electrons. The Labute approximate surface area is 148 Å². The second-order valence-corrected chi connectivity index (χ2v) is 6.99. The van der Waals surface area contributed by atoms with E-state index in [4.69, 9.17) is 16.7 Å². The molecule has 7 nitrogen and oxygen atoms in total. The van der Waals surface area contributed by atoms with Gasteiger partial charge in [-0.15, -0.1) is 0 Å². The summed E-state index contributed by atoms with van der Waals surface area (Å²) in [5, 5.41) is 9.70. The molecule has 0 atom stereocenters. The van der Waals surface area contributed by atoms with E-state index in [0.717, 1.165) is 18.2 Å². The molecule has 10 heteroatoms. The molecule has 2 amide bonds. The molecule has 0 fully saturated rings. The highest BCUT2D eigenvalue weighted by atomic mass is 35.5. The number of primary sulfonamides is 1. The third-order valence-electron chi connectivity index (χ3n) is 3.05. The first kappa shape index (κ1) is 18.8. The Bertz CT molecular complexity index is 963. The average Bonchev–Trinajstić information content (AvgIpc) is 2.49. The van der Waals surface area contributed by atoms with Gasteiger partial charge in [0.15, 0.2) is 0 Å². The normalized spacial score (nSPS) is 11.0. The molecule has 132 valence electrons. The van der Waals surface area contributed by atoms with Crippen LogP contribution in [0.25, 0.3) is 0 Å². The van der Waals surface area contributed by atoms with E-state index in [1.807, 2.05) is 0 Å². The van der Waals surface area contributed by atoms with Crippen molar-refractivity contribution in [3.8, 4) is 0 Å². The zero-order valence-corrected chi connectivity index (χ0v) is 14.4. The van der Waals surface area contributed by atoms with Crippen LogP contribution >= 0.6 is 11.6 Å². The van der Waals surface area contributed by atoms with E-state index < -0.39 is 21.7 Å². The van der Waals surface area contributed by atoms with Crippen LogP contribution in [0.4, 0.5) is 15.8 Å². The quantitative estimate of drug-likeness (QED) is 0.748. The van der Waals surface area contributed by atoms with Gasteiger partial charge in [0.05, 0.1) is 21.2 Å². The molecule has 0 heterocycles. The number of rotatable bonds is 4. The van der Waals surface area contributed by atoms with Gasteiger partial charge in [0, 0.05) is 12.6 Å². The van der Waals surface area contributed by atoms with Gasteiger partial charge < -0.3 is 10.6 Å². The van der Waals surface area contributed by atoms with E-state index in [9.17, 15) is 22.4 Å². The van der Waals surface area contributed by atoms with Crippen molar-refractivity contribution in [1.82, 2.24) is 0 Å². The summed E-state index contributed by atoms with van der Waals surface area (Å²) in [5.41, 5.74) is -0.139. The zero-order chi connectivity index (χ0) is 18.8. The predicted octanol–water partition coefficient (Wildman–Crippen LogP) is 2.34. The lowest BCUT2D eigenvalue weighted by molar-refractivity contribution is -0.114. The van der Waals surface area contributed by atoms with Crippen LogP contribution in [0, 0.1) is 5.82 Å². The standard InChI is InChI=1S/C15H13ClFN3O4S/c1-8(21)19-9-2-5-13(17)14(6-9)20-15(22)11-7-10(25(18,23)24)3-4-12(11)16/h2-7H,1H3,(H,19,21)(H,20,22)(H2,18,23,24). The molecule has 2 aromatic rings. The summed E-state index contributed by atoms with van der Waals surface area (Å²) < 4.78 is 36.6. The third kappa shape index (κ3) is 4.75. The van der Waals surface area contributed by atoms with Crippen molar-refractivity contribution in [3.05, 3.63) is 52.8 Å². The maximum Gasteiger partial charge on any atom is 0.257 e. The van der Waals surface area contributed by atoms with Crippen LogP contribution in [0.3, 0.4) is 0 Å². The highest BCUT2D eigenvalue weighted by Crippen LogP contribution is 2.24. The lowest BCUT2D eigenvalue weighted by Gasteiger charge is -2.11. The minimum Gasteiger partial charge on any atom is -0.326 e. The van der Waals surface area contributed by atoms with Crippen LogP contribution in [0.1, 0.15) is 17.3 Å². The number of anilines is 2. The van der Waals surface area contributed by atoms with Gasteiger partial charge in [0.25, 0.3) is 5.91 Å². The summed E-state index contributed by atoms with van der Waals surface area (Å²) in [6.07, 6.45) is 0. The monoisotopic (exact) mass is 385 g/mol. The lowest BCUT2D eigenvalue weighted by Crippen LogP contribution is -2.17. The largest absolute Gasteiger partial charge is 0.326 e. The Morgan fingerprint density at radius 2 is 1.80 bits per heavy atom. The molecule has 0 bridgehead atoms. The Hall–Kier alpha value is -2.49. The summed E-state index contributed by atoms with van der Waals surface area (Å²) >= 11 is 5.90. The van der Waals surface area contributed by atoms with Crippen LogP contribution < -0.4 is 15.8 Å². The molecule has 0 spiro atoms. The number of carbonyl (C=O) groups is 2. The molecule has 0 aliphatic rings. The minimum absolute atomic E-state index is 0.0386. The van der Waals surface area contributed by atoms with Crippen LogP contribution in [0.2, 0.25) is 5.02 Å². The van der Waals surface area contributed by atoms with Gasteiger partial charge in [-0.25, -0.2) is 17.9 Å². The molecule has 2 aromatic carbocycles. The van der Waals surface area contributed by atoms with Crippen molar-refractivity contribution in [2.45, 2.75) is 11.8 Å². The first-order valence-electron chi connectivity index (χ1n) is 6.79. The number of nitrogens with two attached hydrogens (primary N) is 1. The van der Waals surface area contributed by atoms with Gasteiger partial charge >= 0.3 is 0 Å². The van der Waals surface area contributed by atoms with Crippen molar-refractivity contribution < 1.29 is 22.4 Å². The summed E-state index contributed by atoms with van der Waals surface area (Å²) in [5.74, 6) is -1.96. The molecule has 4 N–H and O–H groups in total. The molecule has 0 unspecified atom stereocenters. The number of benzene rings is 2. The van der Waals surface area contributed by atoms with Gasteiger partial charge in [0.2, 0.25) is 15.9 Å². The highest BCUT2D eigenvalue weighted by Gasteiger charge is 2.17. The van der Waals surface area contributed by atoms with Crippen molar-refractivity contribution in [3.63, 3.8) is 0 Å². The van der Waals surface area contributed by atoms with Gasteiger partial charge in [-0.1, -0.05) is 11.6 Å². The van der Waals surface area contributed by atoms with Crippen LogP contribution in [0.15, 0.2) is 41.3 Å². The minimum atomic E-state index is -4.04. The second kappa shape index (κ2) is 7.18. The first-order valence-corrected chi connectivity index (χ1v) is 8.71. The summed E-state index contributed by atoms with van der Waals surface area (Å²) in [7, 11) is -4.04. The number of carbonyl (C=O) groups excluding carboxylic acids is 2. The first-order chi connectivity index (χ1) is 11.6. The fourth-order valence-electron chi connectivity index (χ4n) is 1.95. The lowest BCUT2D eigenvalue weighted by atomic mass is 10.2. The van der Waals surface area contributed by atoms with Crippen LogP contribution in [0.5, 0.6) is 0 Å². The Kier molecular flexibility index (Phi) is 5.41. The smallest absolute Gasteiger partial charge is 0.257 e. The van der Waals surface area contributed by atoms with Crippen molar-refractivity contribution >= 4 is 44.8 Å². The number of hydrogen-bond donors (Lipinski definition) is 3. The summed E-state index contributed by atoms with van der Waals surface area (Å²) in [6, 6.07) is 6.92. The molecule has 0 saturated heterocycles. The van der Waals surface area contributed by atoms with Crippen LogP contribution in [-0.4, -0.2) is 20.2 Å². The van der Waals surface area contributed by atoms with Gasteiger partial charge in [-0.05, 0) is 36.4 Å². The summed E-state index contributed by atoms with van der Waals surface area (Å²) in [6.45, 7) is 1.28. The molecule has 0 aliphatic carbocycles. The second-order valence-electron chi connectivity index (χ2n) is 5.02. The molecule has 2 rings (SSSR count). The average molecular weight is 386 g/mol. The number of amides is 2. The molecule has 0 saturated carbocycles. The highest BCUT2D eigenvalue weighted by molar-refractivity contribution is 7.89. The third-order valence-corrected chi connectivity index (χ3v) is 4.29. The Morgan fingerprint density at radius 1 is 1.12 bits per heavy atom. The topological polar surface area (TPSA) is 118 Å². The van der Waals surface area contributed by atoms with E-state index in [-0.39, 0.29) is 32.8 Å². The fraction of sp³-hybridized carbons (Fsp3) is 0.0667. The zero-order valence-electron chi connectivity index (χ0n) is 12.8. The summed E-state index contributed by atoms with van der Waals surface area (Å²) in [4.78, 5) is 23.1. The Balaban J connectivity index is 2.36. The van der Waals surface area contributed by atoms with Gasteiger partial charge in [-0.2, -0.15) is 0 Å². The molecular formula is C15H13ClFN3O4S. The van der Waals surface area contributed by atoms with E-state index in [1.54, 1.807) is 0 Å². The maximum absolute atomic E-state index is 13.9.